The zero-order valence-electron chi connectivity index (χ0n) is 7.04. The van der Waals surface area contributed by atoms with Crippen molar-refractivity contribution in [3.63, 3.8) is 0 Å². The predicted octanol–water partition coefficient (Wildman–Crippen LogP) is 0.0104. The lowest BCUT2D eigenvalue weighted by Crippen LogP contribution is -2.35. The summed E-state index contributed by atoms with van der Waals surface area (Å²) in [4.78, 5) is 21.9. The molecule has 1 heterocycles. The number of amides is 1. The Morgan fingerprint density at radius 1 is 2.00 bits per heavy atom. The minimum absolute atomic E-state index is 0.203. The van der Waals surface area contributed by atoms with Gasteiger partial charge in [0.2, 0.25) is 5.91 Å². The van der Waals surface area contributed by atoms with Gasteiger partial charge in [-0.2, -0.15) is 0 Å². The lowest BCUT2D eigenvalue weighted by Gasteiger charge is -2.21. The second kappa shape index (κ2) is 3.83. The quantitative estimate of drug-likeness (QED) is 0.497. The molecule has 0 aliphatic carbocycles. The Hall–Kier alpha value is -0.660. The van der Waals surface area contributed by atoms with Gasteiger partial charge in [0.15, 0.2) is 0 Å². The molecule has 2 unspecified atom stereocenters. The Kier molecular flexibility index (Phi) is 3.01. The van der Waals surface area contributed by atoms with E-state index in [2.05, 4.69) is 11.9 Å². The Balaban J connectivity index is 2.35. The average molecular weight is 185 g/mol. The lowest BCUT2D eigenvalue weighted by molar-refractivity contribution is -0.156. The van der Waals surface area contributed by atoms with Crippen molar-refractivity contribution in [1.29, 1.82) is 0 Å². The molecule has 2 atom stereocenters. The maximum absolute atomic E-state index is 11.2. The molecule has 0 spiro atoms. The van der Waals surface area contributed by atoms with E-state index >= 15 is 0 Å². The fraction of sp³-hybridized carbons (Fsp3) is 0.500. The second-order valence-electron chi connectivity index (χ2n) is 2.87. The summed E-state index contributed by atoms with van der Waals surface area (Å²) in [5.74, 6) is -0.203. The van der Waals surface area contributed by atoms with E-state index in [9.17, 15) is 9.69 Å². The second-order valence-corrected chi connectivity index (χ2v) is 5.03. The van der Waals surface area contributed by atoms with Crippen LogP contribution >= 0.6 is 7.77 Å². The van der Waals surface area contributed by atoms with Crippen molar-refractivity contribution in [2.75, 3.05) is 6.54 Å². The van der Waals surface area contributed by atoms with Gasteiger partial charge in [0.1, 0.15) is 11.0 Å². The first-order chi connectivity index (χ1) is 5.65. The highest BCUT2D eigenvalue weighted by atomic mass is 31.1. The van der Waals surface area contributed by atoms with Gasteiger partial charge in [-0.1, -0.05) is 6.58 Å². The number of rotatable bonds is 3. The molecular weight excluding hydrogens is 173 g/mol. The molecule has 0 aromatic carbocycles. The lowest BCUT2D eigenvalue weighted by atomic mass is 10.2. The standard InChI is InChI=1S/C8H12NO2P/c1-3-8(10)9-5-7-4-6(2)12(7)11/h3,6H,1,4-5H2,2H3,(H,9,10). The first-order valence-electron chi connectivity index (χ1n) is 3.86. The van der Waals surface area contributed by atoms with Gasteiger partial charge in [0.05, 0.1) is 20.7 Å². The van der Waals surface area contributed by atoms with E-state index in [1.807, 2.05) is 6.92 Å². The van der Waals surface area contributed by atoms with E-state index in [0.29, 0.717) is 12.2 Å². The van der Waals surface area contributed by atoms with Crippen LogP contribution in [0.3, 0.4) is 0 Å². The van der Waals surface area contributed by atoms with Gasteiger partial charge in [0.25, 0.3) is 0 Å². The smallest absolute Gasteiger partial charge is 0.243 e. The summed E-state index contributed by atoms with van der Waals surface area (Å²) in [6.07, 6.45) is 2.10. The summed E-state index contributed by atoms with van der Waals surface area (Å²) < 4.78 is 0. The number of hydrogen-bond donors (Lipinski definition) is 1. The van der Waals surface area contributed by atoms with E-state index in [1.54, 1.807) is 0 Å². The number of carbonyl (C=O) groups is 1. The largest absolute Gasteiger partial charge is 0.630 e. The molecule has 0 bridgehead atoms. The summed E-state index contributed by atoms with van der Waals surface area (Å²) in [7, 11) is -1.16. The average Bonchev–Trinajstić information content (AvgIpc) is 2.10. The maximum atomic E-state index is 11.2. The minimum atomic E-state index is -1.16. The van der Waals surface area contributed by atoms with E-state index in [0.717, 1.165) is 11.7 Å². The van der Waals surface area contributed by atoms with Gasteiger partial charge >= 0.3 is 0 Å². The topological polar surface area (TPSA) is 52.2 Å². The number of nitrogens with one attached hydrogen (secondary N) is 1. The molecule has 1 aliphatic heterocycles. The van der Waals surface area contributed by atoms with Gasteiger partial charge in [-0.15, -0.1) is 0 Å². The molecule has 0 fully saturated rings. The molecule has 0 radical (unpaired) electrons. The minimum Gasteiger partial charge on any atom is -0.630 e. The van der Waals surface area contributed by atoms with Crippen LogP contribution in [0.2, 0.25) is 0 Å². The van der Waals surface area contributed by atoms with Crippen molar-refractivity contribution in [2.24, 2.45) is 0 Å². The van der Waals surface area contributed by atoms with Crippen LogP contribution in [-0.2, 0) is 4.79 Å². The molecule has 12 heavy (non-hydrogen) atoms. The van der Waals surface area contributed by atoms with E-state index in [1.165, 1.54) is 6.08 Å². The third-order valence-electron chi connectivity index (χ3n) is 1.90. The highest BCUT2D eigenvalue weighted by molar-refractivity contribution is 7.55. The predicted molar refractivity (Wildman–Crippen MR) is 49.2 cm³/mol. The molecule has 66 valence electrons. The van der Waals surface area contributed by atoms with Gasteiger partial charge in [-0.3, -0.25) is 4.79 Å². The summed E-state index contributed by atoms with van der Waals surface area (Å²) in [6, 6.07) is 0. The number of hydrogen-bond acceptors (Lipinski definition) is 2. The normalized spacial score (nSPS) is 24.7. The summed E-state index contributed by atoms with van der Waals surface area (Å²) in [5, 5.41) is 3.57. The molecule has 0 aromatic rings. The molecule has 0 aromatic heterocycles. The van der Waals surface area contributed by atoms with Crippen molar-refractivity contribution >= 4 is 19.0 Å². The van der Waals surface area contributed by atoms with E-state index in [-0.39, 0.29) is 5.91 Å². The van der Waals surface area contributed by atoms with Crippen molar-refractivity contribution in [2.45, 2.75) is 19.0 Å². The first kappa shape index (κ1) is 9.43. The third kappa shape index (κ3) is 1.93. The fourth-order valence-electron chi connectivity index (χ4n) is 1.12. The highest BCUT2D eigenvalue weighted by Gasteiger charge is 2.30. The number of carbonyl (C=O) groups excluding carboxylic acids is 1. The van der Waals surface area contributed by atoms with Crippen LogP contribution in [0.4, 0.5) is 0 Å². The molecule has 1 aliphatic rings. The van der Waals surface area contributed by atoms with Crippen molar-refractivity contribution < 1.29 is 9.69 Å². The molecule has 0 saturated heterocycles. The molecular formula is C8H12NO2P. The maximum Gasteiger partial charge on any atom is 0.243 e. The zero-order chi connectivity index (χ0) is 9.14. The van der Waals surface area contributed by atoms with Crippen LogP contribution < -0.4 is 10.2 Å². The Labute approximate surface area is 72.9 Å². The zero-order valence-corrected chi connectivity index (χ0v) is 7.93. The molecule has 1 rings (SSSR count). The van der Waals surface area contributed by atoms with Crippen LogP contribution in [0.1, 0.15) is 13.3 Å². The Bertz CT molecular complexity index is 247. The molecule has 3 nitrogen and oxygen atoms in total. The van der Waals surface area contributed by atoms with Crippen LogP contribution in [-0.4, -0.2) is 23.4 Å². The van der Waals surface area contributed by atoms with Crippen molar-refractivity contribution in [3.05, 3.63) is 12.7 Å². The third-order valence-corrected chi connectivity index (χ3v) is 3.84. The van der Waals surface area contributed by atoms with Crippen LogP contribution in [0.5, 0.6) is 0 Å². The van der Waals surface area contributed by atoms with Crippen LogP contribution in [0.25, 0.3) is 0 Å². The SMILES string of the molecule is C=CC(=O)NCC1=[P+]([O-])C(C)C1. The van der Waals surface area contributed by atoms with Gasteiger partial charge in [0, 0.05) is 0 Å². The van der Waals surface area contributed by atoms with Gasteiger partial charge < -0.3 is 10.2 Å². The molecule has 4 heteroatoms. The first-order valence-corrected chi connectivity index (χ1v) is 5.19. The van der Waals surface area contributed by atoms with E-state index < -0.39 is 7.77 Å². The fourth-order valence-corrected chi connectivity index (χ4v) is 2.50. The summed E-state index contributed by atoms with van der Waals surface area (Å²) in [5.41, 5.74) is 0.302. The van der Waals surface area contributed by atoms with Gasteiger partial charge in [-0.05, 0) is 13.0 Å². The summed E-state index contributed by atoms with van der Waals surface area (Å²) >= 11 is 0. The summed E-state index contributed by atoms with van der Waals surface area (Å²) in [6.45, 7) is 5.73. The van der Waals surface area contributed by atoms with Crippen LogP contribution in [0.15, 0.2) is 12.7 Å². The Morgan fingerprint density at radius 3 is 3.08 bits per heavy atom. The molecule has 1 amide bonds. The van der Waals surface area contributed by atoms with Crippen molar-refractivity contribution in [1.82, 2.24) is 5.32 Å². The van der Waals surface area contributed by atoms with Crippen molar-refractivity contribution in [3.8, 4) is 0 Å². The molecule has 1 N–H and O–H groups in total. The highest BCUT2D eigenvalue weighted by Crippen LogP contribution is 2.36. The van der Waals surface area contributed by atoms with Gasteiger partial charge in [-0.25, -0.2) is 0 Å². The molecule has 0 saturated carbocycles. The van der Waals surface area contributed by atoms with Crippen LogP contribution in [0, 0.1) is 0 Å². The van der Waals surface area contributed by atoms with E-state index in [4.69, 9.17) is 0 Å². The monoisotopic (exact) mass is 185 g/mol. The Morgan fingerprint density at radius 2 is 2.67 bits per heavy atom.